The average molecular weight is 302 g/mol. The van der Waals surface area contributed by atoms with Gasteiger partial charge in [-0.25, -0.2) is 0 Å². The van der Waals surface area contributed by atoms with Gasteiger partial charge in [-0.1, -0.05) is 30.3 Å². The molecule has 3 heteroatoms. The van der Waals surface area contributed by atoms with Gasteiger partial charge in [0, 0.05) is 31.2 Å². The number of hydrogen-bond donors (Lipinski definition) is 2. The normalized spacial score (nSPS) is 28.7. The van der Waals surface area contributed by atoms with Crippen LogP contribution in [0.15, 0.2) is 30.3 Å². The van der Waals surface area contributed by atoms with Crippen LogP contribution < -0.4 is 5.32 Å². The maximum atomic E-state index is 9.81. The van der Waals surface area contributed by atoms with Crippen LogP contribution in [0.4, 0.5) is 0 Å². The van der Waals surface area contributed by atoms with Crippen LogP contribution in [0.3, 0.4) is 0 Å². The zero-order valence-electron chi connectivity index (χ0n) is 13.9. The second-order valence-corrected chi connectivity index (χ2v) is 7.31. The summed E-state index contributed by atoms with van der Waals surface area (Å²) in [4.78, 5) is 2.68. The number of aliphatic hydroxyl groups is 1. The van der Waals surface area contributed by atoms with Gasteiger partial charge in [0.15, 0.2) is 0 Å². The van der Waals surface area contributed by atoms with Crippen LogP contribution in [-0.2, 0) is 0 Å². The summed E-state index contributed by atoms with van der Waals surface area (Å²) in [5.74, 6) is 0.395. The fourth-order valence-corrected chi connectivity index (χ4v) is 3.90. The van der Waals surface area contributed by atoms with Crippen LogP contribution in [0.5, 0.6) is 0 Å². The number of rotatable bonds is 7. The first kappa shape index (κ1) is 16.0. The summed E-state index contributed by atoms with van der Waals surface area (Å²) in [6.45, 7) is 6.42. The Morgan fingerprint density at radius 2 is 2.00 bits per heavy atom. The Kier molecular flexibility index (Phi) is 5.17. The van der Waals surface area contributed by atoms with Gasteiger partial charge < -0.3 is 10.4 Å². The quantitative estimate of drug-likeness (QED) is 0.813. The molecule has 1 saturated heterocycles. The molecule has 1 aromatic carbocycles. The Morgan fingerprint density at radius 3 is 2.64 bits per heavy atom. The summed E-state index contributed by atoms with van der Waals surface area (Å²) in [5, 5.41) is 13.6. The van der Waals surface area contributed by atoms with Crippen LogP contribution in [0, 0.1) is 0 Å². The molecule has 2 N–H and O–H groups in total. The summed E-state index contributed by atoms with van der Waals surface area (Å²) in [6, 6.07) is 12.8. The minimum atomic E-state index is -0.252. The van der Waals surface area contributed by atoms with E-state index in [1.807, 2.05) is 6.92 Å². The smallest absolute Gasteiger partial charge is 0.0518 e. The fourth-order valence-electron chi connectivity index (χ4n) is 3.90. The molecule has 1 saturated carbocycles. The highest BCUT2D eigenvalue weighted by Gasteiger charge is 2.38. The lowest BCUT2D eigenvalue weighted by Gasteiger charge is -2.23. The minimum absolute atomic E-state index is 0.252. The Hall–Kier alpha value is -0.900. The van der Waals surface area contributed by atoms with E-state index in [-0.39, 0.29) is 6.10 Å². The van der Waals surface area contributed by atoms with E-state index in [1.54, 1.807) is 0 Å². The lowest BCUT2D eigenvalue weighted by atomic mass is 9.93. The largest absolute Gasteiger partial charge is 0.393 e. The zero-order chi connectivity index (χ0) is 15.5. The van der Waals surface area contributed by atoms with Crippen LogP contribution in [-0.4, -0.2) is 47.3 Å². The third-order valence-electron chi connectivity index (χ3n) is 5.19. The standard InChI is InChI=1S/C19H30N2O/c1-14-10-18(13-21(14)19-8-9-19)20-12-17(11-15(2)22)16-6-4-3-5-7-16/h3-7,14-15,17-20,22H,8-13H2,1-2H3. The van der Waals surface area contributed by atoms with E-state index in [0.717, 1.165) is 25.0 Å². The molecule has 0 aromatic heterocycles. The van der Waals surface area contributed by atoms with E-state index in [2.05, 4.69) is 47.5 Å². The summed E-state index contributed by atoms with van der Waals surface area (Å²) >= 11 is 0. The van der Waals surface area contributed by atoms with E-state index in [9.17, 15) is 5.11 Å². The van der Waals surface area contributed by atoms with Gasteiger partial charge in [0.2, 0.25) is 0 Å². The molecule has 0 spiro atoms. The van der Waals surface area contributed by atoms with Gasteiger partial charge in [0.25, 0.3) is 0 Å². The molecule has 4 atom stereocenters. The van der Waals surface area contributed by atoms with Gasteiger partial charge in [-0.05, 0) is 51.0 Å². The van der Waals surface area contributed by atoms with Crippen molar-refractivity contribution in [2.45, 2.75) is 69.7 Å². The van der Waals surface area contributed by atoms with Gasteiger partial charge in [-0.2, -0.15) is 0 Å². The summed E-state index contributed by atoms with van der Waals surface area (Å²) in [7, 11) is 0. The van der Waals surface area contributed by atoms with Crippen LogP contribution in [0.2, 0.25) is 0 Å². The SMILES string of the molecule is CC(O)CC(CNC1CC(C)N(C2CC2)C1)c1ccccc1. The molecule has 1 aliphatic heterocycles. The molecule has 0 amide bonds. The molecule has 3 rings (SSSR count). The molecule has 2 fully saturated rings. The summed E-state index contributed by atoms with van der Waals surface area (Å²) < 4.78 is 0. The molecule has 1 aromatic rings. The predicted octanol–water partition coefficient (Wildman–Crippen LogP) is 2.76. The molecule has 0 radical (unpaired) electrons. The van der Waals surface area contributed by atoms with Crippen LogP contribution in [0.25, 0.3) is 0 Å². The van der Waals surface area contributed by atoms with E-state index in [1.165, 1.54) is 31.4 Å². The van der Waals surface area contributed by atoms with Crippen LogP contribution >= 0.6 is 0 Å². The van der Waals surface area contributed by atoms with E-state index in [0.29, 0.717) is 12.0 Å². The van der Waals surface area contributed by atoms with Crippen molar-refractivity contribution in [1.29, 1.82) is 0 Å². The Balaban J connectivity index is 1.55. The number of hydrogen-bond acceptors (Lipinski definition) is 3. The molecule has 122 valence electrons. The highest BCUT2D eigenvalue weighted by atomic mass is 16.3. The molecule has 1 heterocycles. The third kappa shape index (κ3) is 4.09. The molecule has 1 aliphatic carbocycles. The van der Waals surface area contributed by atoms with Crippen molar-refractivity contribution in [3.63, 3.8) is 0 Å². The van der Waals surface area contributed by atoms with Gasteiger partial charge in [-0.15, -0.1) is 0 Å². The number of nitrogens with one attached hydrogen (secondary N) is 1. The number of aliphatic hydroxyl groups excluding tert-OH is 1. The van der Waals surface area contributed by atoms with Crippen molar-refractivity contribution in [2.24, 2.45) is 0 Å². The second kappa shape index (κ2) is 7.12. The molecular formula is C19H30N2O. The molecule has 4 unspecified atom stereocenters. The van der Waals surface area contributed by atoms with Crippen molar-refractivity contribution in [1.82, 2.24) is 10.2 Å². The molecule has 3 nitrogen and oxygen atoms in total. The van der Waals surface area contributed by atoms with E-state index < -0.39 is 0 Å². The van der Waals surface area contributed by atoms with Crippen molar-refractivity contribution in [3.05, 3.63) is 35.9 Å². The van der Waals surface area contributed by atoms with Gasteiger partial charge >= 0.3 is 0 Å². The minimum Gasteiger partial charge on any atom is -0.393 e. The monoisotopic (exact) mass is 302 g/mol. The maximum absolute atomic E-state index is 9.81. The summed E-state index contributed by atoms with van der Waals surface area (Å²) in [6.07, 6.45) is 4.62. The molecule has 0 bridgehead atoms. The fraction of sp³-hybridized carbons (Fsp3) is 0.684. The molecule has 2 aliphatic rings. The van der Waals surface area contributed by atoms with E-state index >= 15 is 0 Å². The highest BCUT2D eigenvalue weighted by molar-refractivity contribution is 5.20. The van der Waals surface area contributed by atoms with Crippen molar-refractivity contribution in [2.75, 3.05) is 13.1 Å². The average Bonchev–Trinajstić information content (AvgIpc) is 3.27. The number of likely N-dealkylation sites (tertiary alicyclic amines) is 1. The highest BCUT2D eigenvalue weighted by Crippen LogP contribution is 2.33. The van der Waals surface area contributed by atoms with Crippen molar-refractivity contribution >= 4 is 0 Å². The topological polar surface area (TPSA) is 35.5 Å². The van der Waals surface area contributed by atoms with Gasteiger partial charge in [-0.3, -0.25) is 4.90 Å². The number of benzene rings is 1. The first-order valence-corrected chi connectivity index (χ1v) is 8.85. The van der Waals surface area contributed by atoms with Gasteiger partial charge in [0.05, 0.1) is 6.10 Å². The zero-order valence-corrected chi connectivity index (χ0v) is 13.9. The summed E-state index contributed by atoms with van der Waals surface area (Å²) in [5.41, 5.74) is 1.33. The third-order valence-corrected chi connectivity index (χ3v) is 5.19. The number of nitrogens with zero attached hydrogens (tertiary/aromatic N) is 1. The van der Waals surface area contributed by atoms with Crippen molar-refractivity contribution < 1.29 is 5.11 Å². The van der Waals surface area contributed by atoms with Gasteiger partial charge in [0.1, 0.15) is 0 Å². The Morgan fingerprint density at radius 1 is 1.27 bits per heavy atom. The lowest BCUT2D eigenvalue weighted by Crippen LogP contribution is -2.36. The lowest BCUT2D eigenvalue weighted by molar-refractivity contribution is 0.172. The Bertz CT molecular complexity index is 458. The van der Waals surface area contributed by atoms with E-state index in [4.69, 9.17) is 0 Å². The molecule has 22 heavy (non-hydrogen) atoms. The molecular weight excluding hydrogens is 272 g/mol. The first-order chi connectivity index (χ1) is 10.6. The predicted molar refractivity (Wildman–Crippen MR) is 91.1 cm³/mol. The maximum Gasteiger partial charge on any atom is 0.0518 e. The first-order valence-electron chi connectivity index (χ1n) is 8.85. The van der Waals surface area contributed by atoms with Crippen molar-refractivity contribution in [3.8, 4) is 0 Å². The Labute approximate surface area is 134 Å². The van der Waals surface area contributed by atoms with Crippen LogP contribution in [0.1, 0.15) is 51.0 Å². The second-order valence-electron chi connectivity index (χ2n) is 7.31.